The molecule has 0 radical (unpaired) electrons. The van der Waals surface area contributed by atoms with Gasteiger partial charge in [0.25, 0.3) is 0 Å². The van der Waals surface area contributed by atoms with Crippen molar-refractivity contribution in [2.75, 3.05) is 13.2 Å². The summed E-state index contributed by atoms with van der Waals surface area (Å²) in [6, 6.07) is 7.47. The van der Waals surface area contributed by atoms with Gasteiger partial charge in [0, 0.05) is 23.0 Å². The Morgan fingerprint density at radius 1 is 1.24 bits per heavy atom. The average Bonchev–Trinajstić information content (AvgIpc) is 2.25. The van der Waals surface area contributed by atoms with Crippen LogP contribution in [-0.2, 0) is 0 Å². The molecule has 1 aromatic rings. The molecule has 1 N–H and O–H groups in total. The molecule has 3 heteroatoms. The zero-order chi connectivity index (χ0) is 12.9. The van der Waals surface area contributed by atoms with Gasteiger partial charge in [-0.3, -0.25) is 0 Å². The SMILES string of the molecule is CC(CNC(C)(C)C)COc1ccc(Cl)cc1. The first-order valence-electron chi connectivity index (χ1n) is 6.00. The van der Waals surface area contributed by atoms with E-state index in [9.17, 15) is 0 Å². The third-order valence-electron chi connectivity index (χ3n) is 2.33. The Morgan fingerprint density at radius 3 is 2.35 bits per heavy atom. The average molecular weight is 256 g/mol. The molecular weight excluding hydrogens is 234 g/mol. The molecule has 0 saturated heterocycles. The number of benzene rings is 1. The molecule has 1 atom stereocenters. The van der Waals surface area contributed by atoms with Gasteiger partial charge in [0.2, 0.25) is 0 Å². The maximum Gasteiger partial charge on any atom is 0.119 e. The smallest absolute Gasteiger partial charge is 0.119 e. The normalized spacial score (nSPS) is 13.5. The molecule has 17 heavy (non-hydrogen) atoms. The summed E-state index contributed by atoms with van der Waals surface area (Å²) < 4.78 is 5.69. The highest BCUT2D eigenvalue weighted by molar-refractivity contribution is 6.30. The summed E-state index contributed by atoms with van der Waals surface area (Å²) in [4.78, 5) is 0. The van der Waals surface area contributed by atoms with E-state index in [1.165, 1.54) is 0 Å². The highest BCUT2D eigenvalue weighted by Crippen LogP contribution is 2.16. The Balaban J connectivity index is 2.28. The lowest BCUT2D eigenvalue weighted by Crippen LogP contribution is -2.39. The second-order valence-electron chi connectivity index (χ2n) is 5.50. The molecule has 1 aromatic carbocycles. The minimum absolute atomic E-state index is 0.161. The predicted molar refractivity (Wildman–Crippen MR) is 73.9 cm³/mol. The van der Waals surface area contributed by atoms with Crippen molar-refractivity contribution < 1.29 is 4.74 Å². The largest absolute Gasteiger partial charge is 0.493 e. The first-order chi connectivity index (χ1) is 7.87. The second-order valence-corrected chi connectivity index (χ2v) is 5.94. The molecule has 2 nitrogen and oxygen atoms in total. The van der Waals surface area contributed by atoms with Crippen molar-refractivity contribution in [1.82, 2.24) is 5.32 Å². The lowest BCUT2D eigenvalue weighted by molar-refractivity contribution is 0.244. The quantitative estimate of drug-likeness (QED) is 0.865. The Labute approximate surface area is 109 Å². The van der Waals surface area contributed by atoms with Crippen LogP contribution in [-0.4, -0.2) is 18.7 Å². The number of hydrogen-bond acceptors (Lipinski definition) is 2. The summed E-state index contributed by atoms with van der Waals surface area (Å²) in [6.07, 6.45) is 0. The van der Waals surface area contributed by atoms with Gasteiger partial charge in [-0.15, -0.1) is 0 Å². The lowest BCUT2D eigenvalue weighted by Gasteiger charge is -2.23. The molecule has 0 spiro atoms. The van der Waals surface area contributed by atoms with Crippen molar-refractivity contribution in [3.63, 3.8) is 0 Å². The van der Waals surface area contributed by atoms with Gasteiger partial charge in [0.15, 0.2) is 0 Å². The molecule has 0 saturated carbocycles. The highest BCUT2D eigenvalue weighted by atomic mass is 35.5. The van der Waals surface area contributed by atoms with E-state index in [1.54, 1.807) is 0 Å². The van der Waals surface area contributed by atoms with Crippen LogP contribution in [0.15, 0.2) is 24.3 Å². The number of ether oxygens (including phenoxy) is 1. The van der Waals surface area contributed by atoms with E-state index in [0.717, 1.165) is 17.3 Å². The second kappa shape index (κ2) is 6.27. The van der Waals surface area contributed by atoms with Crippen molar-refractivity contribution in [3.05, 3.63) is 29.3 Å². The number of rotatable bonds is 5. The van der Waals surface area contributed by atoms with Gasteiger partial charge in [-0.25, -0.2) is 0 Å². The van der Waals surface area contributed by atoms with E-state index in [4.69, 9.17) is 16.3 Å². The van der Waals surface area contributed by atoms with Crippen molar-refractivity contribution in [2.24, 2.45) is 5.92 Å². The van der Waals surface area contributed by atoms with Crippen LogP contribution in [0.1, 0.15) is 27.7 Å². The summed E-state index contributed by atoms with van der Waals surface area (Å²) >= 11 is 5.81. The maximum atomic E-state index is 5.81. The van der Waals surface area contributed by atoms with E-state index in [-0.39, 0.29) is 5.54 Å². The van der Waals surface area contributed by atoms with Gasteiger partial charge in [-0.1, -0.05) is 18.5 Å². The number of nitrogens with one attached hydrogen (secondary N) is 1. The molecule has 0 fully saturated rings. The van der Waals surface area contributed by atoms with Crippen molar-refractivity contribution in [2.45, 2.75) is 33.2 Å². The summed E-state index contributed by atoms with van der Waals surface area (Å²) in [5, 5.41) is 4.20. The van der Waals surface area contributed by atoms with Crippen molar-refractivity contribution >= 4 is 11.6 Å². The van der Waals surface area contributed by atoms with Gasteiger partial charge in [-0.2, -0.15) is 0 Å². The van der Waals surface area contributed by atoms with E-state index in [0.29, 0.717) is 12.5 Å². The summed E-state index contributed by atoms with van der Waals surface area (Å²) in [5.41, 5.74) is 0.161. The van der Waals surface area contributed by atoms with Gasteiger partial charge in [-0.05, 0) is 45.0 Å². The monoisotopic (exact) mass is 255 g/mol. The Kier molecular flexibility index (Phi) is 5.29. The van der Waals surface area contributed by atoms with Gasteiger partial charge >= 0.3 is 0 Å². The Hall–Kier alpha value is -0.730. The fraction of sp³-hybridized carbons (Fsp3) is 0.571. The first-order valence-corrected chi connectivity index (χ1v) is 6.38. The van der Waals surface area contributed by atoms with E-state index >= 15 is 0 Å². The molecule has 0 aliphatic rings. The van der Waals surface area contributed by atoms with Crippen LogP contribution in [0.2, 0.25) is 5.02 Å². The zero-order valence-electron chi connectivity index (χ0n) is 11.1. The fourth-order valence-corrected chi connectivity index (χ4v) is 1.43. The molecule has 0 aliphatic carbocycles. The molecule has 0 bridgehead atoms. The third kappa shape index (κ3) is 6.54. The van der Waals surface area contributed by atoms with Gasteiger partial charge in [0.1, 0.15) is 5.75 Å². The Bertz CT molecular complexity index is 329. The van der Waals surface area contributed by atoms with Gasteiger partial charge in [0.05, 0.1) is 6.61 Å². The maximum absolute atomic E-state index is 5.81. The Morgan fingerprint density at radius 2 is 1.82 bits per heavy atom. The first kappa shape index (κ1) is 14.3. The lowest BCUT2D eigenvalue weighted by atomic mass is 10.1. The van der Waals surface area contributed by atoms with Crippen LogP contribution < -0.4 is 10.1 Å². The molecule has 0 amide bonds. The standard InChI is InChI=1S/C14H22ClNO/c1-11(9-16-14(2,3)4)10-17-13-7-5-12(15)6-8-13/h5-8,11,16H,9-10H2,1-4H3. The number of halogens is 1. The van der Waals surface area contributed by atoms with E-state index < -0.39 is 0 Å². The molecule has 1 unspecified atom stereocenters. The van der Waals surface area contributed by atoms with E-state index in [2.05, 4.69) is 33.0 Å². The van der Waals surface area contributed by atoms with Crippen LogP contribution in [0, 0.1) is 5.92 Å². The third-order valence-corrected chi connectivity index (χ3v) is 2.58. The molecule has 0 aliphatic heterocycles. The molecular formula is C14H22ClNO. The predicted octanol–water partition coefficient (Wildman–Crippen LogP) is 3.74. The van der Waals surface area contributed by atoms with Crippen LogP contribution in [0.4, 0.5) is 0 Å². The molecule has 1 rings (SSSR count). The van der Waals surface area contributed by atoms with E-state index in [1.807, 2.05) is 24.3 Å². The topological polar surface area (TPSA) is 21.3 Å². The minimum atomic E-state index is 0.161. The fourth-order valence-electron chi connectivity index (χ4n) is 1.31. The molecule has 0 heterocycles. The van der Waals surface area contributed by atoms with Crippen molar-refractivity contribution in [1.29, 1.82) is 0 Å². The summed E-state index contributed by atoms with van der Waals surface area (Å²) in [6.45, 7) is 10.3. The molecule has 96 valence electrons. The molecule has 0 aromatic heterocycles. The minimum Gasteiger partial charge on any atom is -0.493 e. The summed E-state index contributed by atoms with van der Waals surface area (Å²) in [5.74, 6) is 1.35. The van der Waals surface area contributed by atoms with Crippen molar-refractivity contribution in [3.8, 4) is 5.75 Å². The van der Waals surface area contributed by atoms with Gasteiger partial charge < -0.3 is 10.1 Å². The highest BCUT2D eigenvalue weighted by Gasteiger charge is 2.11. The van der Waals surface area contributed by atoms with Crippen LogP contribution in [0.3, 0.4) is 0 Å². The van der Waals surface area contributed by atoms with Crippen LogP contribution >= 0.6 is 11.6 Å². The summed E-state index contributed by atoms with van der Waals surface area (Å²) in [7, 11) is 0. The van der Waals surface area contributed by atoms with Crippen LogP contribution in [0.25, 0.3) is 0 Å². The number of hydrogen-bond donors (Lipinski definition) is 1. The zero-order valence-corrected chi connectivity index (χ0v) is 11.8. The van der Waals surface area contributed by atoms with Crippen LogP contribution in [0.5, 0.6) is 5.75 Å².